The number of fused-ring (bicyclic) bond motifs is 2. The molecule has 4 atom stereocenters. The molecule has 0 aromatic rings. The summed E-state index contributed by atoms with van der Waals surface area (Å²) in [6.07, 6.45) is 6.83. The second kappa shape index (κ2) is 2.11. The van der Waals surface area contributed by atoms with E-state index in [0.29, 0.717) is 17.6 Å². The van der Waals surface area contributed by atoms with Gasteiger partial charge >= 0.3 is 0 Å². The van der Waals surface area contributed by atoms with E-state index in [1.54, 1.807) is 11.1 Å². The smallest absolute Gasteiger partial charge is 0.0666 e. The van der Waals surface area contributed by atoms with Crippen LogP contribution in [0, 0.1) is 17.3 Å². The zero-order valence-corrected chi connectivity index (χ0v) is 9.05. The molecular weight excluding hydrogens is 172 g/mol. The highest BCUT2D eigenvalue weighted by atomic mass is 16.5. The first-order chi connectivity index (χ1) is 6.71. The first kappa shape index (κ1) is 7.92. The Morgan fingerprint density at radius 3 is 2.00 bits per heavy atom. The fraction of sp³-hybridized carbons (Fsp3) is 0.846. The van der Waals surface area contributed by atoms with Gasteiger partial charge in [-0.3, -0.25) is 0 Å². The normalized spacial score (nSPS) is 58.7. The predicted octanol–water partition coefficient (Wildman–Crippen LogP) is 2.91. The Hall–Kier alpha value is -0.300. The van der Waals surface area contributed by atoms with Gasteiger partial charge in [-0.25, -0.2) is 0 Å². The first-order valence-electron chi connectivity index (χ1n) is 6.03. The summed E-state index contributed by atoms with van der Waals surface area (Å²) in [6.45, 7) is 4.74. The maximum Gasteiger partial charge on any atom is 0.0666 e. The molecule has 4 unspecified atom stereocenters. The Morgan fingerprint density at radius 2 is 1.50 bits per heavy atom. The molecule has 3 aliphatic carbocycles. The summed E-state index contributed by atoms with van der Waals surface area (Å²) in [5.41, 5.74) is 4.07. The molecule has 2 saturated carbocycles. The first-order valence-corrected chi connectivity index (χ1v) is 6.03. The standard InChI is InChI=1S/C13H18O/c1-7-8(2)10-4-12-13(6-10)5-9(7)3-11(13)14-12/h9-12H,3-6H2,1-2H3. The van der Waals surface area contributed by atoms with Crippen molar-refractivity contribution in [1.82, 2.24) is 0 Å². The monoisotopic (exact) mass is 190 g/mol. The zero-order chi connectivity index (χ0) is 9.50. The highest BCUT2D eigenvalue weighted by molar-refractivity contribution is 5.30. The van der Waals surface area contributed by atoms with Gasteiger partial charge in [0.1, 0.15) is 0 Å². The molecule has 1 heterocycles. The number of rotatable bonds is 0. The third kappa shape index (κ3) is 0.641. The van der Waals surface area contributed by atoms with Crippen LogP contribution in [0.1, 0.15) is 39.5 Å². The molecule has 1 nitrogen and oxygen atoms in total. The lowest BCUT2D eigenvalue weighted by Crippen LogP contribution is -2.52. The van der Waals surface area contributed by atoms with E-state index < -0.39 is 0 Å². The van der Waals surface area contributed by atoms with Crippen LogP contribution in [-0.2, 0) is 4.74 Å². The van der Waals surface area contributed by atoms with Crippen LogP contribution in [0.3, 0.4) is 0 Å². The second-order valence-corrected chi connectivity index (χ2v) is 5.99. The average molecular weight is 190 g/mol. The van der Waals surface area contributed by atoms with E-state index >= 15 is 0 Å². The lowest BCUT2D eigenvalue weighted by molar-refractivity contribution is -0.216. The molecule has 14 heavy (non-hydrogen) atoms. The van der Waals surface area contributed by atoms with E-state index in [-0.39, 0.29) is 0 Å². The van der Waals surface area contributed by atoms with Crippen molar-refractivity contribution in [2.75, 3.05) is 0 Å². The van der Waals surface area contributed by atoms with Crippen LogP contribution in [0.5, 0.6) is 0 Å². The second-order valence-electron chi connectivity index (χ2n) is 5.99. The predicted molar refractivity (Wildman–Crippen MR) is 54.9 cm³/mol. The summed E-state index contributed by atoms with van der Waals surface area (Å²) < 4.78 is 6.03. The van der Waals surface area contributed by atoms with Crippen molar-refractivity contribution in [1.29, 1.82) is 0 Å². The van der Waals surface area contributed by atoms with E-state index in [0.717, 1.165) is 11.8 Å². The van der Waals surface area contributed by atoms with Gasteiger partial charge in [0.2, 0.25) is 0 Å². The zero-order valence-electron chi connectivity index (χ0n) is 9.05. The quantitative estimate of drug-likeness (QED) is 0.534. The van der Waals surface area contributed by atoms with Gasteiger partial charge in [-0.2, -0.15) is 0 Å². The van der Waals surface area contributed by atoms with Gasteiger partial charge in [-0.05, 0) is 51.4 Å². The Morgan fingerprint density at radius 1 is 1.00 bits per heavy atom. The summed E-state index contributed by atoms with van der Waals surface area (Å²) in [6, 6.07) is 0. The van der Waals surface area contributed by atoms with Gasteiger partial charge in [0, 0.05) is 5.41 Å². The van der Waals surface area contributed by atoms with Gasteiger partial charge < -0.3 is 4.74 Å². The third-order valence-electron chi connectivity index (χ3n) is 5.71. The number of ether oxygens (including phenoxy) is 1. The Balaban J connectivity index is 1.90. The molecule has 76 valence electrons. The minimum Gasteiger partial charge on any atom is -0.374 e. The number of hydrogen-bond donors (Lipinski definition) is 0. The summed E-state index contributed by atoms with van der Waals surface area (Å²) in [4.78, 5) is 0. The summed E-state index contributed by atoms with van der Waals surface area (Å²) >= 11 is 0. The average Bonchev–Trinajstić information content (AvgIpc) is 2.60. The fourth-order valence-corrected chi connectivity index (χ4v) is 4.70. The molecule has 0 radical (unpaired) electrons. The van der Waals surface area contributed by atoms with Crippen LogP contribution in [-0.4, -0.2) is 12.2 Å². The summed E-state index contributed by atoms with van der Waals surface area (Å²) in [7, 11) is 0. The van der Waals surface area contributed by atoms with Gasteiger partial charge in [0.15, 0.2) is 0 Å². The van der Waals surface area contributed by atoms with Gasteiger partial charge in [-0.15, -0.1) is 0 Å². The van der Waals surface area contributed by atoms with Crippen LogP contribution >= 0.6 is 0 Å². The van der Waals surface area contributed by atoms with E-state index in [2.05, 4.69) is 13.8 Å². The van der Waals surface area contributed by atoms with Gasteiger partial charge in [0.25, 0.3) is 0 Å². The van der Waals surface area contributed by atoms with Crippen LogP contribution < -0.4 is 0 Å². The van der Waals surface area contributed by atoms with Crippen LogP contribution in [0.25, 0.3) is 0 Å². The number of hydrogen-bond acceptors (Lipinski definition) is 1. The summed E-state index contributed by atoms with van der Waals surface area (Å²) in [5, 5.41) is 0. The SMILES string of the molecule is CC1=C(C)C2CC3OC4CC1CC43C2. The number of allylic oxidation sites excluding steroid dienone is 2. The largest absolute Gasteiger partial charge is 0.374 e. The lowest BCUT2D eigenvalue weighted by Gasteiger charge is -2.48. The molecule has 0 N–H and O–H groups in total. The lowest BCUT2D eigenvalue weighted by atomic mass is 9.75. The molecule has 4 rings (SSSR count). The van der Waals surface area contributed by atoms with E-state index in [9.17, 15) is 0 Å². The van der Waals surface area contributed by atoms with Crippen molar-refractivity contribution in [2.24, 2.45) is 17.3 Å². The van der Waals surface area contributed by atoms with Crippen LogP contribution in [0.2, 0.25) is 0 Å². The molecule has 1 aliphatic heterocycles. The Bertz CT molecular complexity index is 309. The van der Waals surface area contributed by atoms with Gasteiger partial charge in [0.05, 0.1) is 12.2 Å². The van der Waals surface area contributed by atoms with E-state index in [1.807, 2.05) is 0 Å². The molecule has 1 spiro atoms. The van der Waals surface area contributed by atoms with Crippen molar-refractivity contribution < 1.29 is 4.74 Å². The Labute approximate surface area is 85.5 Å². The van der Waals surface area contributed by atoms with E-state index in [1.165, 1.54) is 25.7 Å². The molecular formula is C13H18O. The minimum atomic E-state index is 0.644. The van der Waals surface area contributed by atoms with Crippen molar-refractivity contribution in [3.63, 3.8) is 0 Å². The Kier molecular flexibility index (Phi) is 1.19. The molecule has 0 aromatic heterocycles. The van der Waals surface area contributed by atoms with E-state index in [4.69, 9.17) is 4.74 Å². The summed E-state index contributed by atoms with van der Waals surface area (Å²) in [5.74, 6) is 1.74. The molecule has 0 aromatic carbocycles. The topological polar surface area (TPSA) is 9.23 Å². The molecule has 3 fully saturated rings. The van der Waals surface area contributed by atoms with Crippen molar-refractivity contribution >= 4 is 0 Å². The molecule has 0 amide bonds. The van der Waals surface area contributed by atoms with Crippen LogP contribution in [0.15, 0.2) is 11.1 Å². The molecule has 1 heteroatoms. The fourth-order valence-electron chi connectivity index (χ4n) is 4.70. The maximum atomic E-state index is 6.03. The third-order valence-corrected chi connectivity index (χ3v) is 5.71. The van der Waals surface area contributed by atoms with Gasteiger partial charge in [-0.1, -0.05) is 11.1 Å². The molecule has 4 aliphatic rings. The molecule has 3 bridgehead atoms. The molecule has 1 saturated heterocycles. The highest BCUT2D eigenvalue weighted by Gasteiger charge is 2.66. The van der Waals surface area contributed by atoms with Crippen molar-refractivity contribution in [2.45, 2.75) is 51.7 Å². The maximum absolute atomic E-state index is 6.03. The van der Waals surface area contributed by atoms with Crippen LogP contribution in [0.4, 0.5) is 0 Å². The van der Waals surface area contributed by atoms with Crippen molar-refractivity contribution in [3.8, 4) is 0 Å². The highest BCUT2D eigenvalue weighted by Crippen LogP contribution is 2.67. The van der Waals surface area contributed by atoms with Crippen molar-refractivity contribution in [3.05, 3.63) is 11.1 Å². The minimum absolute atomic E-state index is 0.644.